The van der Waals surface area contributed by atoms with Gasteiger partial charge in [-0.1, -0.05) is 18.2 Å². The lowest BCUT2D eigenvalue weighted by molar-refractivity contribution is -0.127. The van der Waals surface area contributed by atoms with Crippen molar-refractivity contribution in [3.05, 3.63) is 30.3 Å². The van der Waals surface area contributed by atoms with E-state index in [2.05, 4.69) is 10.6 Å². The summed E-state index contributed by atoms with van der Waals surface area (Å²) >= 11 is 0. The minimum atomic E-state index is -0.0938. The molecule has 4 atom stereocenters. The number of carbonyl (C=O) groups excluding carboxylic acids is 2. The Morgan fingerprint density at radius 2 is 1.83 bits per heavy atom. The highest BCUT2D eigenvalue weighted by Crippen LogP contribution is 2.47. The summed E-state index contributed by atoms with van der Waals surface area (Å²) in [5.74, 6) is 0.826. The van der Waals surface area contributed by atoms with Gasteiger partial charge in [0, 0.05) is 24.7 Å². The van der Waals surface area contributed by atoms with Crippen LogP contribution >= 0.6 is 12.4 Å². The van der Waals surface area contributed by atoms with Gasteiger partial charge in [-0.05, 0) is 43.2 Å². The molecule has 2 aliphatic rings. The Labute approximate surface area is 142 Å². The normalized spacial score (nSPS) is 28.0. The number of nitrogens with one attached hydrogen (secondary N) is 2. The van der Waals surface area contributed by atoms with Crippen LogP contribution < -0.4 is 16.4 Å². The van der Waals surface area contributed by atoms with Crippen LogP contribution in [0.25, 0.3) is 0 Å². The lowest BCUT2D eigenvalue weighted by Gasteiger charge is -2.26. The largest absolute Gasteiger partial charge is 0.355 e. The number of nitrogens with two attached hydrogens (primary N) is 1. The molecule has 4 N–H and O–H groups in total. The summed E-state index contributed by atoms with van der Waals surface area (Å²) in [5, 5.41) is 5.68. The molecule has 5 nitrogen and oxygen atoms in total. The van der Waals surface area contributed by atoms with Gasteiger partial charge in [-0.2, -0.15) is 0 Å². The van der Waals surface area contributed by atoms with Crippen LogP contribution in [0, 0.1) is 17.8 Å². The molecular formula is C17H24ClN3O2. The predicted octanol–water partition coefficient (Wildman–Crippen LogP) is 1.93. The van der Waals surface area contributed by atoms with E-state index in [4.69, 9.17) is 5.73 Å². The van der Waals surface area contributed by atoms with E-state index in [-0.39, 0.29) is 42.6 Å². The lowest BCUT2D eigenvalue weighted by Crippen LogP contribution is -2.45. The van der Waals surface area contributed by atoms with Crippen molar-refractivity contribution in [3.63, 3.8) is 0 Å². The molecule has 6 heteroatoms. The average Bonchev–Trinajstić information content (AvgIpc) is 3.09. The Hall–Kier alpha value is -1.59. The highest BCUT2D eigenvalue weighted by atomic mass is 35.5. The number of hydrogen-bond acceptors (Lipinski definition) is 3. The zero-order valence-electron chi connectivity index (χ0n) is 13.0. The average molecular weight is 338 g/mol. The second-order valence-electron chi connectivity index (χ2n) is 6.39. The van der Waals surface area contributed by atoms with E-state index in [1.54, 1.807) is 0 Å². The number of amides is 2. The van der Waals surface area contributed by atoms with Gasteiger partial charge in [0.2, 0.25) is 11.8 Å². The van der Waals surface area contributed by atoms with Crippen molar-refractivity contribution in [1.29, 1.82) is 0 Å². The monoisotopic (exact) mass is 337 g/mol. The first-order valence-electron chi connectivity index (χ1n) is 8.03. The second-order valence-corrected chi connectivity index (χ2v) is 6.39. The van der Waals surface area contributed by atoms with Crippen molar-refractivity contribution in [2.45, 2.75) is 31.7 Å². The number of hydrogen-bond donors (Lipinski definition) is 3. The number of carbonyl (C=O) groups is 2. The molecule has 0 radical (unpaired) electrons. The van der Waals surface area contributed by atoms with Gasteiger partial charge in [-0.3, -0.25) is 9.59 Å². The Balaban J connectivity index is 0.00000192. The van der Waals surface area contributed by atoms with Gasteiger partial charge in [0.1, 0.15) is 0 Å². The standard InChI is InChI=1S/C17H23N3O2.ClH/c18-16-12-7-6-11(10-12)15(16)17(22)19-9-8-14(21)20-13-4-2-1-3-5-13;/h1-5,11-12,15-16H,6-10,18H2,(H,19,22)(H,20,21);1H. The van der Waals surface area contributed by atoms with Crippen LogP contribution in [-0.2, 0) is 9.59 Å². The summed E-state index contributed by atoms with van der Waals surface area (Å²) < 4.78 is 0. The number of anilines is 1. The van der Waals surface area contributed by atoms with Gasteiger partial charge in [-0.25, -0.2) is 0 Å². The van der Waals surface area contributed by atoms with Crippen LogP contribution in [0.4, 0.5) is 5.69 Å². The number of rotatable bonds is 5. The first kappa shape index (κ1) is 17.8. The van der Waals surface area contributed by atoms with Gasteiger partial charge < -0.3 is 16.4 Å². The quantitative estimate of drug-likeness (QED) is 0.767. The molecule has 4 unspecified atom stereocenters. The van der Waals surface area contributed by atoms with E-state index in [1.165, 1.54) is 0 Å². The Morgan fingerprint density at radius 3 is 2.48 bits per heavy atom. The van der Waals surface area contributed by atoms with Crippen molar-refractivity contribution in [1.82, 2.24) is 5.32 Å². The zero-order valence-corrected chi connectivity index (χ0v) is 13.9. The van der Waals surface area contributed by atoms with Gasteiger partial charge >= 0.3 is 0 Å². The van der Waals surface area contributed by atoms with Crippen LogP contribution in [0.3, 0.4) is 0 Å². The summed E-state index contributed by atoms with van der Waals surface area (Å²) in [4.78, 5) is 24.1. The summed E-state index contributed by atoms with van der Waals surface area (Å²) in [5.41, 5.74) is 6.93. The molecule has 2 fully saturated rings. The smallest absolute Gasteiger partial charge is 0.226 e. The molecule has 0 saturated heterocycles. The SMILES string of the molecule is Cl.NC1C2CCC(C2)C1C(=O)NCCC(=O)Nc1ccccc1. The molecule has 3 rings (SSSR count). The van der Waals surface area contributed by atoms with Crippen LogP contribution in [-0.4, -0.2) is 24.4 Å². The van der Waals surface area contributed by atoms with E-state index in [1.807, 2.05) is 30.3 Å². The second kappa shape index (κ2) is 7.79. The number of halogens is 1. The molecular weight excluding hydrogens is 314 g/mol. The highest BCUT2D eigenvalue weighted by Gasteiger charge is 2.48. The van der Waals surface area contributed by atoms with Crippen LogP contribution in [0.5, 0.6) is 0 Å². The fourth-order valence-corrected chi connectivity index (χ4v) is 3.89. The molecule has 1 aromatic carbocycles. The maximum Gasteiger partial charge on any atom is 0.226 e. The zero-order chi connectivity index (χ0) is 15.5. The van der Waals surface area contributed by atoms with E-state index < -0.39 is 0 Å². The number of para-hydroxylation sites is 1. The summed E-state index contributed by atoms with van der Waals surface area (Å²) in [7, 11) is 0. The molecule has 0 spiro atoms. The van der Waals surface area contributed by atoms with E-state index >= 15 is 0 Å². The Kier molecular flexibility index (Phi) is 6.02. The fraction of sp³-hybridized carbons (Fsp3) is 0.529. The van der Waals surface area contributed by atoms with Gasteiger partial charge in [0.15, 0.2) is 0 Å². The number of benzene rings is 1. The van der Waals surface area contributed by atoms with Crippen molar-refractivity contribution >= 4 is 29.9 Å². The first-order valence-corrected chi connectivity index (χ1v) is 8.03. The minimum Gasteiger partial charge on any atom is -0.355 e. The molecule has 2 aliphatic carbocycles. The van der Waals surface area contributed by atoms with Crippen molar-refractivity contribution in [3.8, 4) is 0 Å². The van der Waals surface area contributed by atoms with E-state index in [0.717, 1.165) is 24.9 Å². The lowest BCUT2D eigenvalue weighted by atomic mass is 9.84. The molecule has 2 saturated carbocycles. The molecule has 2 bridgehead atoms. The molecule has 0 aliphatic heterocycles. The third-order valence-electron chi connectivity index (χ3n) is 4.99. The maximum atomic E-state index is 12.3. The summed E-state index contributed by atoms with van der Waals surface area (Å²) in [6.07, 6.45) is 3.64. The molecule has 126 valence electrons. The third kappa shape index (κ3) is 4.03. The predicted molar refractivity (Wildman–Crippen MR) is 92.2 cm³/mol. The Morgan fingerprint density at radius 1 is 1.13 bits per heavy atom. The molecule has 0 aromatic heterocycles. The van der Waals surface area contributed by atoms with Crippen LogP contribution in [0.15, 0.2) is 30.3 Å². The van der Waals surface area contributed by atoms with Gasteiger partial charge in [0.25, 0.3) is 0 Å². The minimum absolute atomic E-state index is 0. The topological polar surface area (TPSA) is 84.2 Å². The Bertz CT molecular complexity index is 550. The van der Waals surface area contributed by atoms with Crippen LogP contribution in [0.1, 0.15) is 25.7 Å². The molecule has 1 aromatic rings. The summed E-state index contributed by atoms with van der Waals surface area (Å²) in [6, 6.07) is 9.31. The highest BCUT2D eigenvalue weighted by molar-refractivity contribution is 5.91. The van der Waals surface area contributed by atoms with Crippen molar-refractivity contribution in [2.24, 2.45) is 23.5 Å². The third-order valence-corrected chi connectivity index (χ3v) is 4.99. The summed E-state index contributed by atoms with van der Waals surface area (Å²) in [6.45, 7) is 0.359. The van der Waals surface area contributed by atoms with Crippen molar-refractivity contribution in [2.75, 3.05) is 11.9 Å². The molecule has 0 heterocycles. The van der Waals surface area contributed by atoms with Gasteiger partial charge in [0.05, 0.1) is 5.92 Å². The van der Waals surface area contributed by atoms with E-state index in [9.17, 15) is 9.59 Å². The molecule has 23 heavy (non-hydrogen) atoms. The van der Waals surface area contributed by atoms with Crippen molar-refractivity contribution < 1.29 is 9.59 Å². The van der Waals surface area contributed by atoms with E-state index in [0.29, 0.717) is 18.4 Å². The van der Waals surface area contributed by atoms with Gasteiger partial charge in [-0.15, -0.1) is 12.4 Å². The van der Waals surface area contributed by atoms with Crippen LogP contribution in [0.2, 0.25) is 0 Å². The number of fused-ring (bicyclic) bond motifs is 2. The first-order chi connectivity index (χ1) is 10.6. The maximum absolute atomic E-state index is 12.3. The molecule has 2 amide bonds. The fourth-order valence-electron chi connectivity index (χ4n) is 3.89.